The van der Waals surface area contributed by atoms with E-state index in [4.69, 9.17) is 0 Å². The van der Waals surface area contributed by atoms with Crippen molar-refractivity contribution in [2.24, 2.45) is 0 Å². The molecule has 0 saturated heterocycles. The number of aromatic nitrogens is 4. The zero-order valence-corrected chi connectivity index (χ0v) is 13.5. The van der Waals surface area contributed by atoms with Crippen molar-refractivity contribution in [1.82, 2.24) is 24.6 Å². The summed E-state index contributed by atoms with van der Waals surface area (Å²) in [6.45, 7) is 4.05. The number of carbonyl (C=O) groups is 1. The van der Waals surface area contributed by atoms with E-state index in [1.165, 1.54) is 0 Å². The summed E-state index contributed by atoms with van der Waals surface area (Å²) < 4.78 is 1.87. The van der Waals surface area contributed by atoms with E-state index in [2.05, 4.69) is 15.2 Å². The highest BCUT2D eigenvalue weighted by molar-refractivity contribution is 7.13. The van der Waals surface area contributed by atoms with Gasteiger partial charge in [0.1, 0.15) is 10.7 Å². The van der Waals surface area contributed by atoms with Crippen LogP contribution in [0.3, 0.4) is 0 Å². The molecular weight excluding hydrogens is 310 g/mol. The number of thiazole rings is 1. The van der Waals surface area contributed by atoms with Crippen molar-refractivity contribution in [3.63, 3.8) is 0 Å². The zero-order valence-electron chi connectivity index (χ0n) is 12.6. The molecule has 0 fully saturated rings. The normalized spacial score (nSPS) is 14.1. The predicted octanol–water partition coefficient (Wildman–Crippen LogP) is 2.54. The third-order valence-electron chi connectivity index (χ3n) is 3.96. The topological polar surface area (TPSA) is 63.9 Å². The van der Waals surface area contributed by atoms with Crippen LogP contribution in [0.5, 0.6) is 0 Å². The first-order valence-corrected chi connectivity index (χ1v) is 8.39. The Morgan fingerprint density at radius 1 is 1.13 bits per heavy atom. The molecule has 7 heteroatoms. The van der Waals surface area contributed by atoms with Crippen LogP contribution in [0.15, 0.2) is 35.7 Å². The SMILES string of the molecule is CCN1CCn2c(nnc2-c2csc(-c3ccccc3)n2)C1=O. The summed E-state index contributed by atoms with van der Waals surface area (Å²) in [5.74, 6) is 1.01. The van der Waals surface area contributed by atoms with Gasteiger partial charge in [-0.1, -0.05) is 30.3 Å². The Balaban J connectivity index is 1.71. The van der Waals surface area contributed by atoms with Crippen LogP contribution in [0.4, 0.5) is 0 Å². The molecule has 1 aromatic carbocycles. The van der Waals surface area contributed by atoms with E-state index >= 15 is 0 Å². The maximum atomic E-state index is 12.3. The van der Waals surface area contributed by atoms with Crippen molar-refractivity contribution in [3.05, 3.63) is 41.5 Å². The summed E-state index contributed by atoms with van der Waals surface area (Å²) in [6.07, 6.45) is 0. The van der Waals surface area contributed by atoms with E-state index in [1.54, 1.807) is 16.2 Å². The Hall–Kier alpha value is -2.54. The number of rotatable bonds is 3. The minimum atomic E-state index is -0.0592. The van der Waals surface area contributed by atoms with Crippen LogP contribution >= 0.6 is 11.3 Å². The van der Waals surface area contributed by atoms with Crippen molar-refractivity contribution < 1.29 is 4.79 Å². The Kier molecular flexibility index (Phi) is 3.42. The van der Waals surface area contributed by atoms with Gasteiger partial charge in [0.05, 0.1) is 0 Å². The molecule has 3 heterocycles. The molecule has 0 atom stereocenters. The fourth-order valence-corrected chi connectivity index (χ4v) is 3.52. The van der Waals surface area contributed by atoms with Crippen LogP contribution in [0.1, 0.15) is 17.5 Å². The lowest BCUT2D eigenvalue weighted by Crippen LogP contribution is -2.40. The maximum absolute atomic E-state index is 12.3. The lowest BCUT2D eigenvalue weighted by Gasteiger charge is -2.25. The first-order chi connectivity index (χ1) is 11.3. The molecule has 0 radical (unpaired) electrons. The van der Waals surface area contributed by atoms with Gasteiger partial charge in [0.25, 0.3) is 5.91 Å². The lowest BCUT2D eigenvalue weighted by atomic mass is 10.2. The molecule has 6 nitrogen and oxygen atoms in total. The van der Waals surface area contributed by atoms with E-state index in [0.29, 0.717) is 31.3 Å². The molecule has 1 amide bonds. The summed E-state index contributed by atoms with van der Waals surface area (Å²) in [7, 11) is 0. The second kappa shape index (κ2) is 5.58. The van der Waals surface area contributed by atoms with Gasteiger partial charge in [-0.3, -0.25) is 9.36 Å². The molecular formula is C16H15N5OS. The fraction of sp³-hybridized carbons (Fsp3) is 0.250. The highest BCUT2D eigenvalue weighted by Crippen LogP contribution is 2.29. The van der Waals surface area contributed by atoms with Gasteiger partial charge in [-0.15, -0.1) is 21.5 Å². The fourth-order valence-electron chi connectivity index (χ4n) is 2.72. The Bertz CT molecular complexity index is 854. The number of carbonyl (C=O) groups excluding carboxylic acids is 1. The number of benzene rings is 1. The molecule has 4 rings (SSSR count). The van der Waals surface area contributed by atoms with Crippen LogP contribution in [0.2, 0.25) is 0 Å². The van der Waals surface area contributed by atoms with Crippen LogP contribution < -0.4 is 0 Å². The lowest BCUT2D eigenvalue weighted by molar-refractivity contribution is 0.0707. The molecule has 2 aromatic heterocycles. The van der Waals surface area contributed by atoms with Crippen molar-refractivity contribution in [1.29, 1.82) is 0 Å². The molecule has 0 saturated carbocycles. The average Bonchev–Trinajstić information content (AvgIpc) is 3.23. The second-order valence-corrected chi connectivity index (χ2v) is 6.15. The van der Waals surface area contributed by atoms with Crippen LogP contribution in [0, 0.1) is 0 Å². The van der Waals surface area contributed by atoms with Crippen molar-refractivity contribution in [2.75, 3.05) is 13.1 Å². The molecule has 0 unspecified atom stereocenters. The molecule has 23 heavy (non-hydrogen) atoms. The van der Waals surface area contributed by atoms with Crippen molar-refractivity contribution >= 4 is 17.2 Å². The average molecular weight is 325 g/mol. The van der Waals surface area contributed by atoms with E-state index in [1.807, 2.05) is 47.2 Å². The van der Waals surface area contributed by atoms with Gasteiger partial charge in [0, 0.05) is 30.6 Å². The summed E-state index contributed by atoms with van der Waals surface area (Å²) in [5.41, 5.74) is 1.85. The second-order valence-electron chi connectivity index (χ2n) is 5.29. The van der Waals surface area contributed by atoms with Crippen LogP contribution in [0.25, 0.3) is 22.1 Å². The summed E-state index contributed by atoms with van der Waals surface area (Å²) in [5, 5.41) is 11.2. The number of nitrogens with zero attached hydrogens (tertiary/aromatic N) is 5. The van der Waals surface area contributed by atoms with Gasteiger partial charge in [0.2, 0.25) is 5.82 Å². The Labute approximate surface area is 137 Å². The molecule has 1 aliphatic heterocycles. The minimum Gasteiger partial charge on any atom is -0.334 e. The highest BCUT2D eigenvalue weighted by atomic mass is 32.1. The number of hydrogen-bond acceptors (Lipinski definition) is 5. The molecule has 116 valence electrons. The monoisotopic (exact) mass is 325 g/mol. The van der Waals surface area contributed by atoms with Crippen LogP contribution in [-0.2, 0) is 6.54 Å². The van der Waals surface area contributed by atoms with Gasteiger partial charge >= 0.3 is 0 Å². The van der Waals surface area contributed by atoms with E-state index in [9.17, 15) is 4.79 Å². The predicted molar refractivity (Wildman–Crippen MR) is 88.1 cm³/mol. The van der Waals surface area contributed by atoms with Gasteiger partial charge in [-0.25, -0.2) is 4.98 Å². The maximum Gasteiger partial charge on any atom is 0.291 e. The van der Waals surface area contributed by atoms with Gasteiger partial charge in [0.15, 0.2) is 5.82 Å². The van der Waals surface area contributed by atoms with Crippen molar-refractivity contribution in [2.45, 2.75) is 13.5 Å². The van der Waals surface area contributed by atoms with E-state index in [0.717, 1.165) is 16.3 Å². The molecule has 0 aliphatic carbocycles. The Morgan fingerprint density at radius 2 is 1.91 bits per heavy atom. The minimum absolute atomic E-state index is 0.0592. The first kappa shape index (κ1) is 14.1. The first-order valence-electron chi connectivity index (χ1n) is 7.51. The van der Waals surface area contributed by atoms with Gasteiger partial charge < -0.3 is 4.90 Å². The van der Waals surface area contributed by atoms with Gasteiger partial charge in [-0.2, -0.15) is 0 Å². The third-order valence-corrected chi connectivity index (χ3v) is 4.85. The number of fused-ring (bicyclic) bond motifs is 1. The molecule has 0 N–H and O–H groups in total. The summed E-state index contributed by atoms with van der Waals surface area (Å²) in [4.78, 5) is 18.8. The number of likely N-dealkylation sites (N-methyl/N-ethyl adjacent to an activating group) is 1. The zero-order chi connectivity index (χ0) is 15.8. The number of hydrogen-bond donors (Lipinski definition) is 0. The van der Waals surface area contributed by atoms with E-state index in [-0.39, 0.29) is 5.91 Å². The van der Waals surface area contributed by atoms with Crippen molar-refractivity contribution in [3.8, 4) is 22.1 Å². The van der Waals surface area contributed by atoms with Crippen LogP contribution in [-0.4, -0.2) is 43.6 Å². The molecule has 0 bridgehead atoms. The Morgan fingerprint density at radius 3 is 2.70 bits per heavy atom. The highest BCUT2D eigenvalue weighted by Gasteiger charge is 2.29. The molecule has 3 aromatic rings. The third kappa shape index (κ3) is 2.33. The standard InChI is InChI=1S/C16H15N5OS/c1-2-20-8-9-21-13(18-19-14(21)16(20)22)12-10-23-15(17-12)11-6-4-3-5-7-11/h3-7,10H,2,8-9H2,1H3. The quantitative estimate of drug-likeness (QED) is 0.742. The molecule has 0 spiro atoms. The smallest absolute Gasteiger partial charge is 0.291 e. The molecule has 1 aliphatic rings. The van der Waals surface area contributed by atoms with Gasteiger partial charge in [-0.05, 0) is 6.92 Å². The summed E-state index contributed by atoms with van der Waals surface area (Å²) in [6, 6.07) is 10.0. The number of amides is 1. The largest absolute Gasteiger partial charge is 0.334 e. The van der Waals surface area contributed by atoms with E-state index < -0.39 is 0 Å². The summed E-state index contributed by atoms with van der Waals surface area (Å²) >= 11 is 1.57.